The number of ether oxygens (including phenoxy) is 1. The summed E-state index contributed by atoms with van der Waals surface area (Å²) < 4.78 is 5.21. The molecule has 2 unspecified atom stereocenters. The lowest BCUT2D eigenvalue weighted by molar-refractivity contribution is 0.0502. The van der Waals surface area contributed by atoms with Crippen molar-refractivity contribution in [3.63, 3.8) is 0 Å². The molecule has 4 nitrogen and oxygen atoms in total. The maximum Gasteiger partial charge on any atom is 0.410 e. The van der Waals surface area contributed by atoms with E-state index in [-0.39, 0.29) is 17.5 Å². The molecular formula is C13H16BrNO3. The molecule has 1 aromatic rings. The quantitative estimate of drug-likeness (QED) is 0.851. The van der Waals surface area contributed by atoms with Crippen molar-refractivity contribution in [1.29, 1.82) is 0 Å². The Morgan fingerprint density at radius 2 is 2.17 bits per heavy atom. The van der Waals surface area contributed by atoms with Crippen LogP contribution in [0.2, 0.25) is 0 Å². The average Bonchev–Trinajstić information content (AvgIpc) is 2.40. The van der Waals surface area contributed by atoms with Crippen molar-refractivity contribution in [3.8, 4) is 0 Å². The number of carbonyl (C=O) groups is 1. The Morgan fingerprint density at radius 1 is 1.44 bits per heavy atom. The van der Waals surface area contributed by atoms with Crippen molar-refractivity contribution in [2.75, 3.05) is 13.1 Å². The van der Waals surface area contributed by atoms with Crippen molar-refractivity contribution in [3.05, 3.63) is 35.9 Å². The van der Waals surface area contributed by atoms with E-state index in [1.54, 1.807) is 4.90 Å². The molecule has 98 valence electrons. The summed E-state index contributed by atoms with van der Waals surface area (Å²) in [6.07, 6.45) is -0.151. The van der Waals surface area contributed by atoms with E-state index >= 15 is 0 Å². The molecular weight excluding hydrogens is 298 g/mol. The number of nitrogens with zero attached hydrogens (tertiary/aromatic N) is 1. The first-order valence-electron chi connectivity index (χ1n) is 5.94. The summed E-state index contributed by atoms with van der Waals surface area (Å²) in [6, 6.07) is 9.55. The Kier molecular flexibility index (Phi) is 4.60. The van der Waals surface area contributed by atoms with E-state index in [2.05, 4.69) is 15.9 Å². The number of halogens is 1. The molecule has 1 fully saturated rings. The van der Waals surface area contributed by atoms with Gasteiger partial charge in [-0.25, -0.2) is 4.79 Å². The first kappa shape index (κ1) is 13.4. The van der Waals surface area contributed by atoms with Gasteiger partial charge in [0.25, 0.3) is 0 Å². The van der Waals surface area contributed by atoms with Crippen LogP contribution in [0.5, 0.6) is 0 Å². The zero-order valence-electron chi connectivity index (χ0n) is 9.96. The molecule has 5 heteroatoms. The number of aliphatic hydroxyl groups is 1. The minimum absolute atomic E-state index is 0.0654. The van der Waals surface area contributed by atoms with Crippen LogP contribution < -0.4 is 0 Å². The second kappa shape index (κ2) is 6.20. The maximum absolute atomic E-state index is 11.8. The molecule has 18 heavy (non-hydrogen) atoms. The minimum Gasteiger partial charge on any atom is -0.445 e. The highest BCUT2D eigenvalue weighted by atomic mass is 79.9. The smallest absolute Gasteiger partial charge is 0.410 e. The van der Waals surface area contributed by atoms with Gasteiger partial charge in [0.15, 0.2) is 0 Å². The monoisotopic (exact) mass is 313 g/mol. The van der Waals surface area contributed by atoms with Gasteiger partial charge in [0.1, 0.15) is 6.61 Å². The highest BCUT2D eigenvalue weighted by molar-refractivity contribution is 9.09. The first-order chi connectivity index (χ1) is 8.66. The third-order valence-corrected chi connectivity index (χ3v) is 4.03. The van der Waals surface area contributed by atoms with Crippen LogP contribution in [-0.4, -0.2) is 40.1 Å². The summed E-state index contributed by atoms with van der Waals surface area (Å²) in [7, 11) is 0. The normalized spacial score (nSPS) is 23.8. The summed E-state index contributed by atoms with van der Waals surface area (Å²) in [5.74, 6) is 0. The Labute approximate surface area is 115 Å². The molecule has 1 aliphatic heterocycles. The Morgan fingerprint density at radius 3 is 2.83 bits per heavy atom. The number of hydrogen-bond acceptors (Lipinski definition) is 3. The summed E-state index contributed by atoms with van der Waals surface area (Å²) >= 11 is 3.38. The zero-order valence-corrected chi connectivity index (χ0v) is 11.5. The second-order valence-corrected chi connectivity index (χ2v) is 5.53. The van der Waals surface area contributed by atoms with Gasteiger partial charge in [0, 0.05) is 11.4 Å². The van der Waals surface area contributed by atoms with Crippen molar-refractivity contribution in [2.45, 2.75) is 24.0 Å². The molecule has 1 amide bonds. The van der Waals surface area contributed by atoms with Crippen LogP contribution in [0, 0.1) is 0 Å². The highest BCUT2D eigenvalue weighted by Crippen LogP contribution is 2.19. The molecule has 0 radical (unpaired) electrons. The summed E-state index contributed by atoms with van der Waals surface area (Å²) in [4.78, 5) is 13.4. The molecule has 1 N–H and O–H groups in total. The van der Waals surface area contributed by atoms with Gasteiger partial charge in [0.05, 0.1) is 12.6 Å². The average molecular weight is 314 g/mol. The number of rotatable bonds is 2. The molecule has 1 heterocycles. The molecule has 1 saturated heterocycles. The highest BCUT2D eigenvalue weighted by Gasteiger charge is 2.29. The van der Waals surface area contributed by atoms with Crippen molar-refractivity contribution in [2.24, 2.45) is 0 Å². The van der Waals surface area contributed by atoms with Crippen molar-refractivity contribution < 1.29 is 14.6 Å². The molecule has 1 aliphatic rings. The van der Waals surface area contributed by atoms with Gasteiger partial charge in [-0.15, -0.1) is 0 Å². The molecule has 2 rings (SSSR count). The fourth-order valence-corrected chi connectivity index (χ4v) is 2.25. The van der Waals surface area contributed by atoms with E-state index in [0.29, 0.717) is 13.1 Å². The number of aliphatic hydroxyl groups excluding tert-OH is 1. The molecule has 1 aromatic carbocycles. The lowest BCUT2D eigenvalue weighted by Crippen LogP contribution is -2.47. The van der Waals surface area contributed by atoms with Crippen LogP contribution in [0.1, 0.15) is 12.0 Å². The van der Waals surface area contributed by atoms with E-state index in [1.807, 2.05) is 30.3 Å². The maximum atomic E-state index is 11.8. The third-order valence-electron chi connectivity index (χ3n) is 2.96. The number of β-amino-alcohol motifs (C(OH)–C–C–N with tert-alkyl or cyclic N) is 1. The summed E-state index contributed by atoms with van der Waals surface area (Å²) in [5, 5.41) is 9.69. The molecule has 0 bridgehead atoms. The van der Waals surface area contributed by atoms with E-state index in [9.17, 15) is 9.90 Å². The van der Waals surface area contributed by atoms with Gasteiger partial charge in [-0.1, -0.05) is 46.3 Å². The second-order valence-electron chi connectivity index (χ2n) is 4.36. The van der Waals surface area contributed by atoms with Crippen LogP contribution >= 0.6 is 15.9 Å². The van der Waals surface area contributed by atoms with E-state index in [4.69, 9.17) is 4.74 Å². The van der Waals surface area contributed by atoms with Crippen LogP contribution in [0.25, 0.3) is 0 Å². The first-order valence-corrected chi connectivity index (χ1v) is 6.86. The van der Waals surface area contributed by atoms with Gasteiger partial charge in [-0.2, -0.15) is 0 Å². The molecule has 2 atom stereocenters. The number of carbonyl (C=O) groups excluding carboxylic acids is 1. The third kappa shape index (κ3) is 3.46. The Balaban J connectivity index is 1.82. The number of benzene rings is 1. The van der Waals surface area contributed by atoms with Gasteiger partial charge in [-0.05, 0) is 12.0 Å². The lowest BCUT2D eigenvalue weighted by Gasteiger charge is -2.32. The van der Waals surface area contributed by atoms with Gasteiger partial charge >= 0.3 is 6.09 Å². The van der Waals surface area contributed by atoms with E-state index in [1.165, 1.54) is 0 Å². The predicted octanol–water partition coefficient (Wildman–Crippen LogP) is 2.15. The number of piperidine rings is 1. The molecule has 0 saturated carbocycles. The number of amides is 1. The van der Waals surface area contributed by atoms with E-state index < -0.39 is 6.10 Å². The predicted molar refractivity (Wildman–Crippen MR) is 71.5 cm³/mol. The summed E-state index contributed by atoms with van der Waals surface area (Å²) in [6.45, 7) is 1.20. The SMILES string of the molecule is O=C(OCc1ccccc1)N1CCC(Br)C(O)C1. The number of hydrogen-bond donors (Lipinski definition) is 1. The Hall–Kier alpha value is -1.07. The van der Waals surface area contributed by atoms with Crippen LogP contribution in [0.3, 0.4) is 0 Å². The van der Waals surface area contributed by atoms with Crippen LogP contribution in [0.15, 0.2) is 30.3 Å². The fourth-order valence-electron chi connectivity index (χ4n) is 1.88. The zero-order chi connectivity index (χ0) is 13.0. The summed E-state index contributed by atoms with van der Waals surface area (Å²) in [5.41, 5.74) is 0.960. The minimum atomic E-state index is -0.525. The molecule has 0 spiro atoms. The molecule has 0 aromatic heterocycles. The van der Waals surface area contributed by atoms with Crippen LogP contribution in [0.4, 0.5) is 4.79 Å². The van der Waals surface area contributed by atoms with Gasteiger partial charge in [0.2, 0.25) is 0 Å². The standard InChI is InChI=1S/C13H16BrNO3/c14-11-6-7-15(8-12(11)16)13(17)18-9-10-4-2-1-3-5-10/h1-5,11-12,16H,6-9H2. The topological polar surface area (TPSA) is 49.8 Å². The largest absolute Gasteiger partial charge is 0.445 e. The van der Waals surface area contributed by atoms with E-state index in [0.717, 1.165) is 12.0 Å². The van der Waals surface area contributed by atoms with Gasteiger partial charge in [-0.3, -0.25) is 0 Å². The molecule has 0 aliphatic carbocycles. The Bertz CT molecular complexity index is 398. The van der Waals surface area contributed by atoms with Gasteiger partial charge < -0.3 is 14.7 Å². The number of likely N-dealkylation sites (tertiary alicyclic amines) is 1. The fraction of sp³-hybridized carbons (Fsp3) is 0.462. The van der Waals surface area contributed by atoms with Crippen molar-refractivity contribution >= 4 is 22.0 Å². The number of alkyl halides is 1. The lowest BCUT2D eigenvalue weighted by atomic mass is 10.1. The van der Waals surface area contributed by atoms with Crippen LogP contribution in [-0.2, 0) is 11.3 Å². The van der Waals surface area contributed by atoms with Crippen molar-refractivity contribution in [1.82, 2.24) is 4.90 Å².